The van der Waals surface area contributed by atoms with Crippen molar-refractivity contribution in [3.05, 3.63) is 53.6 Å². The summed E-state index contributed by atoms with van der Waals surface area (Å²) in [7, 11) is 1.42. The molecule has 0 unspecified atom stereocenters. The Kier molecular flexibility index (Phi) is 16.9. The highest BCUT2D eigenvalue weighted by Crippen LogP contribution is 2.39. The van der Waals surface area contributed by atoms with Gasteiger partial charge in [0.25, 0.3) is 0 Å². The van der Waals surface area contributed by atoms with Gasteiger partial charge in [-0.15, -0.1) is 0 Å². The van der Waals surface area contributed by atoms with Gasteiger partial charge >= 0.3 is 11.9 Å². The van der Waals surface area contributed by atoms with Gasteiger partial charge in [0.15, 0.2) is 11.5 Å². The second-order valence-electron chi connectivity index (χ2n) is 11.3. The molecule has 0 radical (unpaired) electrons. The summed E-state index contributed by atoms with van der Waals surface area (Å²) in [6.45, 7) is 14.4. The minimum absolute atomic E-state index is 0.0999. The lowest BCUT2D eigenvalue weighted by Gasteiger charge is -2.19. The Balaban J connectivity index is 1.95. The smallest absolute Gasteiger partial charge is 0.351 e. The first-order chi connectivity index (χ1) is 24.3. The molecule has 11 heteroatoms. The van der Waals surface area contributed by atoms with Crippen molar-refractivity contribution in [3.8, 4) is 51.7 Å². The lowest BCUT2D eigenvalue weighted by atomic mass is 10.1. The van der Waals surface area contributed by atoms with Crippen molar-refractivity contribution in [3.63, 3.8) is 0 Å². The van der Waals surface area contributed by atoms with Crippen molar-refractivity contribution in [1.82, 2.24) is 0 Å². The SMILES string of the molecule is CCCOc1cc(OCCC)c(C(=O)Oc2ccc(OC(=O)c3c(OCCC)cc(OCCC)cc3OCCC)c(OC)c2)c(OCCC)c1. The molecular formula is C39H52O11. The molecule has 0 aromatic heterocycles. The molecule has 0 fully saturated rings. The Morgan fingerprint density at radius 2 is 0.760 bits per heavy atom. The van der Waals surface area contributed by atoms with Gasteiger partial charge in [-0.05, 0) is 50.7 Å². The van der Waals surface area contributed by atoms with Crippen molar-refractivity contribution in [2.75, 3.05) is 46.8 Å². The summed E-state index contributed by atoms with van der Waals surface area (Å²) >= 11 is 0. The fourth-order valence-corrected chi connectivity index (χ4v) is 4.55. The van der Waals surface area contributed by atoms with Gasteiger partial charge in [0, 0.05) is 30.3 Å². The first kappa shape index (κ1) is 39.6. The fraction of sp³-hybridized carbons (Fsp3) is 0.487. The zero-order valence-corrected chi connectivity index (χ0v) is 30.5. The monoisotopic (exact) mass is 696 g/mol. The topological polar surface area (TPSA) is 117 Å². The quantitative estimate of drug-likeness (QED) is 0.0699. The summed E-state index contributed by atoms with van der Waals surface area (Å²) in [4.78, 5) is 27.5. The number of rotatable bonds is 23. The van der Waals surface area contributed by atoms with Gasteiger partial charge in [0.2, 0.25) is 0 Å². The molecule has 274 valence electrons. The second kappa shape index (κ2) is 21.3. The predicted molar refractivity (Wildman–Crippen MR) is 191 cm³/mol. The van der Waals surface area contributed by atoms with E-state index in [1.807, 2.05) is 41.5 Å². The molecule has 0 saturated carbocycles. The highest BCUT2D eigenvalue weighted by molar-refractivity contribution is 5.98. The summed E-state index contributed by atoms with van der Waals surface area (Å²) < 4.78 is 52.7. The predicted octanol–water partition coefficient (Wildman–Crippen LogP) is 8.87. The average molecular weight is 697 g/mol. The summed E-state index contributed by atoms with van der Waals surface area (Å²) in [5.41, 5.74) is 0.259. The highest BCUT2D eigenvalue weighted by atomic mass is 16.6. The summed E-state index contributed by atoms with van der Waals surface area (Å²) in [5.74, 6) is 1.22. The van der Waals surface area contributed by atoms with Gasteiger partial charge in [-0.1, -0.05) is 41.5 Å². The molecule has 0 aliphatic rings. The maximum atomic E-state index is 13.8. The van der Waals surface area contributed by atoms with E-state index in [0.717, 1.165) is 38.5 Å². The average Bonchev–Trinajstić information content (AvgIpc) is 3.12. The van der Waals surface area contributed by atoms with Crippen LogP contribution in [0.25, 0.3) is 0 Å². The Bertz CT molecular complexity index is 1460. The van der Waals surface area contributed by atoms with Crippen molar-refractivity contribution in [2.24, 2.45) is 0 Å². The first-order valence-electron chi connectivity index (χ1n) is 17.6. The van der Waals surface area contributed by atoms with E-state index in [4.69, 9.17) is 42.6 Å². The number of carbonyl (C=O) groups excluding carboxylic acids is 2. The number of esters is 2. The molecule has 3 aromatic carbocycles. The van der Waals surface area contributed by atoms with E-state index in [1.165, 1.54) is 25.3 Å². The van der Waals surface area contributed by atoms with Crippen LogP contribution in [0.3, 0.4) is 0 Å². The van der Waals surface area contributed by atoms with Crippen LogP contribution in [0, 0.1) is 0 Å². The van der Waals surface area contributed by atoms with Gasteiger partial charge in [0.05, 0.1) is 46.8 Å². The van der Waals surface area contributed by atoms with Crippen molar-refractivity contribution in [2.45, 2.75) is 80.1 Å². The third-order valence-electron chi connectivity index (χ3n) is 6.83. The summed E-state index contributed by atoms with van der Waals surface area (Å²) in [5, 5.41) is 0. The molecule has 3 aromatic rings. The molecular weight excluding hydrogens is 644 g/mol. The van der Waals surface area contributed by atoms with Gasteiger partial charge < -0.3 is 42.6 Å². The lowest BCUT2D eigenvalue weighted by Crippen LogP contribution is -2.15. The molecule has 11 nitrogen and oxygen atoms in total. The van der Waals surface area contributed by atoms with Gasteiger partial charge in [-0.25, -0.2) is 9.59 Å². The maximum absolute atomic E-state index is 13.8. The zero-order chi connectivity index (χ0) is 36.3. The standard InChI is InChI=1S/C39H52O11/c1-8-16-43-28-23-32(45-18-10-3)36(33(24-28)46-19-11-4)38(40)49-27-14-15-30(31(22-27)42-7)50-39(41)37-34(47-20-12-5)25-29(44-17-9-2)26-35(37)48-21-13-6/h14-15,22-26H,8-13,16-21H2,1-7H3. The Morgan fingerprint density at radius 1 is 0.420 bits per heavy atom. The second-order valence-corrected chi connectivity index (χ2v) is 11.3. The lowest BCUT2D eigenvalue weighted by molar-refractivity contribution is 0.0704. The van der Waals surface area contributed by atoms with Gasteiger partial charge in [-0.3, -0.25) is 0 Å². The fourth-order valence-electron chi connectivity index (χ4n) is 4.55. The minimum Gasteiger partial charge on any atom is -0.493 e. The van der Waals surface area contributed by atoms with E-state index in [2.05, 4.69) is 0 Å². The minimum atomic E-state index is -0.715. The molecule has 0 bridgehead atoms. The summed E-state index contributed by atoms with van der Waals surface area (Å²) in [6.07, 6.45) is 4.53. The van der Waals surface area contributed by atoms with Crippen LogP contribution in [0.5, 0.6) is 51.7 Å². The third-order valence-corrected chi connectivity index (χ3v) is 6.83. The summed E-state index contributed by atoms with van der Waals surface area (Å²) in [6, 6.07) is 11.1. The van der Waals surface area contributed by atoms with Crippen LogP contribution in [-0.2, 0) is 0 Å². The molecule has 0 aliphatic carbocycles. The Hall–Kier alpha value is -4.80. The van der Waals surface area contributed by atoms with E-state index in [0.29, 0.717) is 62.6 Å². The van der Waals surface area contributed by atoms with Crippen LogP contribution in [0.15, 0.2) is 42.5 Å². The molecule has 3 rings (SSSR count). The van der Waals surface area contributed by atoms with Crippen molar-refractivity contribution >= 4 is 11.9 Å². The number of hydrogen-bond donors (Lipinski definition) is 0. The van der Waals surface area contributed by atoms with Crippen LogP contribution in [0.2, 0.25) is 0 Å². The molecule has 0 saturated heterocycles. The number of ether oxygens (including phenoxy) is 9. The molecule has 0 N–H and O–H groups in total. The van der Waals surface area contributed by atoms with Crippen LogP contribution in [-0.4, -0.2) is 58.7 Å². The maximum Gasteiger partial charge on any atom is 0.351 e. The largest absolute Gasteiger partial charge is 0.493 e. The number of methoxy groups -OCH3 is 1. The first-order valence-corrected chi connectivity index (χ1v) is 17.6. The van der Waals surface area contributed by atoms with E-state index in [-0.39, 0.29) is 39.9 Å². The van der Waals surface area contributed by atoms with Gasteiger partial charge in [-0.2, -0.15) is 0 Å². The number of benzene rings is 3. The van der Waals surface area contributed by atoms with Crippen LogP contribution >= 0.6 is 0 Å². The van der Waals surface area contributed by atoms with E-state index >= 15 is 0 Å². The highest BCUT2D eigenvalue weighted by Gasteiger charge is 2.27. The van der Waals surface area contributed by atoms with Crippen molar-refractivity contribution in [1.29, 1.82) is 0 Å². The molecule has 0 amide bonds. The van der Waals surface area contributed by atoms with E-state index in [9.17, 15) is 9.59 Å². The van der Waals surface area contributed by atoms with Crippen LogP contribution < -0.4 is 42.6 Å². The molecule has 50 heavy (non-hydrogen) atoms. The zero-order valence-electron chi connectivity index (χ0n) is 30.5. The normalized spacial score (nSPS) is 10.6. The third kappa shape index (κ3) is 11.4. The van der Waals surface area contributed by atoms with E-state index < -0.39 is 11.9 Å². The number of hydrogen-bond acceptors (Lipinski definition) is 11. The van der Waals surface area contributed by atoms with Crippen LogP contribution in [0.4, 0.5) is 0 Å². The molecule has 0 atom stereocenters. The molecule has 0 heterocycles. The Morgan fingerprint density at radius 3 is 1.12 bits per heavy atom. The van der Waals surface area contributed by atoms with Crippen molar-refractivity contribution < 1.29 is 52.2 Å². The number of carbonyl (C=O) groups is 2. The van der Waals surface area contributed by atoms with Gasteiger partial charge in [0.1, 0.15) is 51.4 Å². The van der Waals surface area contributed by atoms with E-state index in [1.54, 1.807) is 24.3 Å². The molecule has 0 spiro atoms. The van der Waals surface area contributed by atoms with Crippen LogP contribution in [0.1, 0.15) is 101 Å². The molecule has 0 aliphatic heterocycles. The Labute approximate surface area is 296 Å².